The van der Waals surface area contributed by atoms with Crippen LogP contribution >= 0.6 is 12.2 Å². The van der Waals surface area contributed by atoms with Crippen molar-refractivity contribution in [3.05, 3.63) is 0 Å². The smallest absolute Gasteiger partial charge is 0.0829 e. The van der Waals surface area contributed by atoms with Gasteiger partial charge in [0.05, 0.1) is 17.7 Å². The Kier molecular flexibility index (Phi) is 5.61. The number of ether oxygens (including phenoxy) is 1. The number of hydrogen-bond acceptors (Lipinski definition) is 4. The number of rotatable bonds is 5. The highest BCUT2D eigenvalue weighted by atomic mass is 32.1. The van der Waals surface area contributed by atoms with E-state index in [1.54, 1.807) is 0 Å². The average Bonchev–Trinajstić information content (AvgIpc) is 2.16. The lowest BCUT2D eigenvalue weighted by atomic mass is 10.2. The first-order valence-electron chi connectivity index (χ1n) is 5.77. The molecule has 94 valence electrons. The molecule has 4 nitrogen and oxygen atoms in total. The van der Waals surface area contributed by atoms with Crippen LogP contribution in [0.4, 0.5) is 0 Å². The molecule has 0 amide bonds. The van der Waals surface area contributed by atoms with Crippen LogP contribution in [-0.4, -0.2) is 67.3 Å². The summed E-state index contributed by atoms with van der Waals surface area (Å²) in [5.41, 5.74) is 5.55. The second kappa shape index (κ2) is 6.49. The first kappa shape index (κ1) is 13.8. The Balaban J connectivity index is 2.32. The molecule has 1 saturated heterocycles. The van der Waals surface area contributed by atoms with E-state index in [9.17, 15) is 0 Å². The van der Waals surface area contributed by atoms with Crippen LogP contribution in [0, 0.1) is 0 Å². The first-order chi connectivity index (χ1) is 7.49. The Bertz CT molecular complexity index is 237. The summed E-state index contributed by atoms with van der Waals surface area (Å²) >= 11 is 4.93. The lowest BCUT2D eigenvalue weighted by Crippen LogP contribution is -2.47. The third-order valence-electron chi connectivity index (χ3n) is 3.08. The zero-order valence-corrected chi connectivity index (χ0v) is 11.3. The summed E-state index contributed by atoms with van der Waals surface area (Å²) in [6, 6.07) is 0.383. The van der Waals surface area contributed by atoms with Gasteiger partial charge in [-0.05, 0) is 21.0 Å². The van der Waals surface area contributed by atoms with Crippen LogP contribution in [0.5, 0.6) is 0 Å². The number of hydrogen-bond donors (Lipinski definition) is 1. The maximum Gasteiger partial charge on any atom is 0.0829 e. The van der Waals surface area contributed by atoms with E-state index in [0.29, 0.717) is 17.1 Å². The van der Waals surface area contributed by atoms with Crippen molar-refractivity contribution < 1.29 is 4.74 Å². The molecule has 1 heterocycles. The van der Waals surface area contributed by atoms with Crippen LogP contribution in [0.3, 0.4) is 0 Å². The van der Waals surface area contributed by atoms with Crippen molar-refractivity contribution in [1.82, 2.24) is 9.80 Å². The Morgan fingerprint density at radius 3 is 2.94 bits per heavy atom. The van der Waals surface area contributed by atoms with Crippen LogP contribution in [0.1, 0.15) is 13.3 Å². The molecule has 0 aliphatic carbocycles. The van der Waals surface area contributed by atoms with Crippen LogP contribution in [-0.2, 0) is 4.74 Å². The zero-order chi connectivity index (χ0) is 12.1. The molecule has 2 N–H and O–H groups in total. The number of nitrogens with zero attached hydrogens (tertiary/aromatic N) is 2. The Labute approximate surface area is 104 Å². The summed E-state index contributed by atoms with van der Waals surface area (Å²) in [6.45, 7) is 5.95. The van der Waals surface area contributed by atoms with Gasteiger partial charge in [0.1, 0.15) is 0 Å². The predicted octanol–water partition coefficient (Wildman–Crippen LogP) is 0.314. The minimum atomic E-state index is 0.303. The van der Waals surface area contributed by atoms with E-state index in [-0.39, 0.29) is 0 Å². The molecule has 1 aliphatic rings. The quantitative estimate of drug-likeness (QED) is 0.706. The Morgan fingerprint density at radius 1 is 1.69 bits per heavy atom. The number of nitrogens with two attached hydrogens (primary N) is 1. The van der Waals surface area contributed by atoms with E-state index >= 15 is 0 Å². The van der Waals surface area contributed by atoms with Crippen molar-refractivity contribution in [1.29, 1.82) is 0 Å². The minimum absolute atomic E-state index is 0.303. The van der Waals surface area contributed by atoms with Gasteiger partial charge >= 0.3 is 0 Å². The van der Waals surface area contributed by atoms with Gasteiger partial charge in [0, 0.05) is 32.1 Å². The molecule has 0 aromatic carbocycles. The molecule has 0 saturated carbocycles. The zero-order valence-electron chi connectivity index (χ0n) is 10.5. The van der Waals surface area contributed by atoms with Crippen LogP contribution in [0.15, 0.2) is 0 Å². The van der Waals surface area contributed by atoms with Gasteiger partial charge in [0.2, 0.25) is 0 Å². The highest BCUT2D eigenvalue weighted by Crippen LogP contribution is 2.08. The predicted molar refractivity (Wildman–Crippen MR) is 70.7 cm³/mol. The number of thiocarbonyl (C=S) groups is 1. The van der Waals surface area contributed by atoms with Crippen molar-refractivity contribution in [2.75, 3.05) is 40.3 Å². The summed E-state index contributed by atoms with van der Waals surface area (Å²) in [7, 11) is 4.23. The molecular weight excluding hydrogens is 222 g/mol. The molecule has 2 atom stereocenters. The van der Waals surface area contributed by atoms with Gasteiger partial charge in [0.15, 0.2) is 0 Å². The van der Waals surface area contributed by atoms with Gasteiger partial charge in [-0.15, -0.1) is 0 Å². The first-order valence-corrected chi connectivity index (χ1v) is 6.18. The van der Waals surface area contributed by atoms with Crippen molar-refractivity contribution in [2.45, 2.75) is 25.5 Å². The van der Waals surface area contributed by atoms with Crippen molar-refractivity contribution in [3.8, 4) is 0 Å². The van der Waals surface area contributed by atoms with Crippen molar-refractivity contribution in [3.63, 3.8) is 0 Å². The molecule has 1 fully saturated rings. The molecule has 1 aliphatic heterocycles. The molecule has 1 rings (SSSR count). The van der Waals surface area contributed by atoms with Crippen LogP contribution in [0.25, 0.3) is 0 Å². The van der Waals surface area contributed by atoms with Crippen molar-refractivity contribution >= 4 is 17.2 Å². The number of morpholine rings is 1. The van der Waals surface area contributed by atoms with E-state index in [0.717, 1.165) is 32.7 Å². The summed E-state index contributed by atoms with van der Waals surface area (Å²) < 4.78 is 5.73. The van der Waals surface area contributed by atoms with Crippen LogP contribution in [0.2, 0.25) is 0 Å². The maximum atomic E-state index is 5.73. The molecule has 0 bridgehead atoms. The molecule has 0 aromatic rings. The monoisotopic (exact) mass is 245 g/mol. The van der Waals surface area contributed by atoms with Crippen molar-refractivity contribution in [2.24, 2.45) is 5.73 Å². The second-order valence-electron chi connectivity index (χ2n) is 4.71. The topological polar surface area (TPSA) is 41.7 Å². The van der Waals surface area contributed by atoms with Crippen LogP contribution < -0.4 is 5.73 Å². The van der Waals surface area contributed by atoms with Gasteiger partial charge in [-0.2, -0.15) is 0 Å². The average molecular weight is 245 g/mol. The van der Waals surface area contributed by atoms with Gasteiger partial charge in [-0.25, -0.2) is 0 Å². The van der Waals surface area contributed by atoms with E-state index in [1.807, 2.05) is 0 Å². The minimum Gasteiger partial charge on any atom is -0.393 e. The summed E-state index contributed by atoms with van der Waals surface area (Å²) in [6.07, 6.45) is 1.08. The molecule has 0 aromatic heterocycles. The third-order valence-corrected chi connectivity index (χ3v) is 3.25. The largest absolute Gasteiger partial charge is 0.393 e. The second-order valence-corrected chi connectivity index (χ2v) is 5.24. The molecule has 5 heteroatoms. The van der Waals surface area contributed by atoms with Gasteiger partial charge in [-0.3, -0.25) is 0 Å². The fraction of sp³-hybridized carbons (Fsp3) is 0.909. The third kappa shape index (κ3) is 4.74. The Hall–Kier alpha value is -0.230. The van der Waals surface area contributed by atoms with Gasteiger partial charge in [0.25, 0.3) is 0 Å². The fourth-order valence-electron chi connectivity index (χ4n) is 1.93. The lowest BCUT2D eigenvalue weighted by Gasteiger charge is -2.34. The maximum absolute atomic E-state index is 5.73. The van der Waals surface area contributed by atoms with E-state index in [2.05, 4.69) is 30.8 Å². The lowest BCUT2D eigenvalue weighted by molar-refractivity contribution is -0.0361. The fourth-order valence-corrected chi connectivity index (χ4v) is 2.17. The van der Waals surface area contributed by atoms with Gasteiger partial charge in [-0.1, -0.05) is 12.2 Å². The summed E-state index contributed by atoms with van der Waals surface area (Å²) in [5.74, 6) is 0. The SMILES string of the molecule is CC(CC(N)=S)N(C)CC1CN(C)CCO1. The molecule has 16 heavy (non-hydrogen) atoms. The number of likely N-dealkylation sites (N-methyl/N-ethyl adjacent to an activating group) is 2. The molecule has 0 spiro atoms. The highest BCUT2D eigenvalue weighted by Gasteiger charge is 2.21. The summed E-state index contributed by atoms with van der Waals surface area (Å²) in [4.78, 5) is 5.16. The Morgan fingerprint density at radius 2 is 2.38 bits per heavy atom. The van der Waals surface area contributed by atoms with Gasteiger partial charge < -0.3 is 20.3 Å². The molecule has 2 unspecified atom stereocenters. The highest BCUT2D eigenvalue weighted by molar-refractivity contribution is 7.80. The van der Waals surface area contributed by atoms with E-state index in [4.69, 9.17) is 22.7 Å². The van der Waals surface area contributed by atoms with E-state index < -0.39 is 0 Å². The normalized spacial score (nSPS) is 24.6. The molecular formula is C11H23N3OS. The summed E-state index contributed by atoms with van der Waals surface area (Å²) in [5, 5.41) is 0. The molecule has 0 radical (unpaired) electrons. The standard InChI is InChI=1S/C11H23N3OS/c1-9(6-11(12)16)14(3)8-10-7-13(2)4-5-15-10/h9-10H,4-8H2,1-3H3,(H2,12,16). The van der Waals surface area contributed by atoms with E-state index in [1.165, 1.54) is 0 Å².